The Labute approximate surface area is 154 Å². The third-order valence-electron chi connectivity index (χ3n) is 4.70. The number of carbonyl (C=O) groups is 1. The van der Waals surface area contributed by atoms with Gasteiger partial charge in [0.25, 0.3) is 0 Å². The number of nitrogens with one attached hydrogen (secondary N) is 2. The molecule has 136 valence electrons. The van der Waals surface area contributed by atoms with Crippen molar-refractivity contribution in [1.29, 1.82) is 0 Å². The van der Waals surface area contributed by atoms with Crippen LogP contribution in [-0.2, 0) is 9.53 Å². The molecule has 1 saturated heterocycles. The van der Waals surface area contributed by atoms with Crippen LogP contribution in [0.2, 0.25) is 0 Å². The van der Waals surface area contributed by atoms with Gasteiger partial charge in [0.2, 0.25) is 0 Å². The lowest BCUT2D eigenvalue weighted by Crippen LogP contribution is -2.60. The van der Waals surface area contributed by atoms with Crippen molar-refractivity contribution in [2.75, 3.05) is 6.61 Å². The van der Waals surface area contributed by atoms with E-state index in [-0.39, 0.29) is 17.6 Å². The molecule has 1 aromatic heterocycles. The van der Waals surface area contributed by atoms with E-state index in [0.717, 1.165) is 12.8 Å². The highest BCUT2D eigenvalue weighted by molar-refractivity contribution is 7.10. The van der Waals surface area contributed by atoms with Gasteiger partial charge in [0.15, 0.2) is 0 Å². The first-order valence-corrected chi connectivity index (χ1v) is 9.60. The zero-order chi connectivity index (χ0) is 18.4. The second-order valence-corrected chi connectivity index (χ2v) is 7.24. The van der Waals surface area contributed by atoms with Crippen molar-refractivity contribution < 1.29 is 9.53 Å². The van der Waals surface area contributed by atoms with E-state index >= 15 is 0 Å². The number of esters is 1. The molecule has 5 nitrogen and oxygen atoms in total. The van der Waals surface area contributed by atoms with Crippen LogP contribution in [0.25, 0.3) is 0 Å². The van der Waals surface area contributed by atoms with Gasteiger partial charge in [-0.25, -0.2) is 4.79 Å². The van der Waals surface area contributed by atoms with E-state index in [4.69, 9.17) is 11.2 Å². The molecule has 0 bridgehead atoms. The van der Waals surface area contributed by atoms with Crippen LogP contribution < -0.4 is 10.7 Å². The second-order valence-electron chi connectivity index (χ2n) is 6.26. The number of thiophene rings is 1. The lowest BCUT2D eigenvalue weighted by molar-refractivity contribution is -0.139. The molecule has 0 radical (unpaired) electrons. The second kappa shape index (κ2) is 8.30. The maximum Gasteiger partial charge on any atom is 0.337 e. The van der Waals surface area contributed by atoms with E-state index in [0.29, 0.717) is 24.4 Å². The molecule has 2 heterocycles. The summed E-state index contributed by atoms with van der Waals surface area (Å²) in [5.74, 6) is 0.412. The Hall–Kier alpha value is -2.13. The molecule has 2 unspecified atom stereocenters. The van der Waals surface area contributed by atoms with Crippen molar-refractivity contribution in [3.8, 4) is 12.5 Å². The van der Waals surface area contributed by atoms with Crippen molar-refractivity contribution in [3.63, 3.8) is 0 Å². The van der Waals surface area contributed by atoms with Gasteiger partial charge in [0.1, 0.15) is 5.82 Å². The minimum absolute atomic E-state index is 0.131. The van der Waals surface area contributed by atoms with Crippen molar-refractivity contribution in [1.82, 2.24) is 15.8 Å². The van der Waals surface area contributed by atoms with Gasteiger partial charge >= 0.3 is 5.97 Å². The summed E-state index contributed by atoms with van der Waals surface area (Å²) in [4.78, 5) is 13.7. The lowest BCUT2D eigenvalue weighted by atomic mass is 9.86. The first kappa shape index (κ1) is 19.2. The van der Waals surface area contributed by atoms with Crippen LogP contribution in [-0.4, -0.2) is 23.1 Å². The summed E-state index contributed by atoms with van der Waals surface area (Å²) in [6.07, 6.45) is 7.85. The van der Waals surface area contributed by atoms with Crippen LogP contribution in [0.3, 0.4) is 0 Å². The number of carbonyl (C=O) groups excluding carboxylic acids is 1. The molecule has 0 aromatic carbocycles. The Morgan fingerprint density at radius 3 is 2.84 bits per heavy atom. The van der Waals surface area contributed by atoms with Gasteiger partial charge in [-0.3, -0.25) is 10.4 Å². The van der Waals surface area contributed by atoms with Crippen LogP contribution >= 0.6 is 11.3 Å². The number of terminal acetylenes is 1. The van der Waals surface area contributed by atoms with Crippen LogP contribution in [0.4, 0.5) is 0 Å². The highest BCUT2D eigenvalue weighted by Crippen LogP contribution is 2.39. The molecule has 2 N–H and O–H groups in total. The molecule has 1 aliphatic heterocycles. The SMILES string of the molecule is C#CNN1/C(=C(\CC)C(=O)OCC)NC(c2cccs2)CC1(C)CC. The minimum atomic E-state index is -0.304. The molecule has 0 saturated carbocycles. The third-order valence-corrected chi connectivity index (χ3v) is 5.69. The maximum absolute atomic E-state index is 12.5. The largest absolute Gasteiger partial charge is 0.463 e. The Morgan fingerprint density at radius 2 is 2.32 bits per heavy atom. The number of nitrogens with zero attached hydrogens (tertiary/aromatic N) is 1. The average molecular weight is 362 g/mol. The summed E-state index contributed by atoms with van der Waals surface area (Å²) in [7, 11) is 0. The highest BCUT2D eigenvalue weighted by atomic mass is 32.1. The number of ether oxygens (including phenoxy) is 1. The Kier molecular flexibility index (Phi) is 6.38. The lowest BCUT2D eigenvalue weighted by Gasteiger charge is -2.49. The van der Waals surface area contributed by atoms with Crippen LogP contribution in [0, 0.1) is 12.5 Å². The quantitative estimate of drug-likeness (QED) is 0.351. The summed E-state index contributed by atoms with van der Waals surface area (Å²) < 4.78 is 5.26. The summed E-state index contributed by atoms with van der Waals surface area (Å²) in [6.45, 7) is 8.41. The van der Waals surface area contributed by atoms with E-state index in [1.807, 2.05) is 24.9 Å². The first-order chi connectivity index (χ1) is 12.0. The normalized spacial score (nSPS) is 24.9. The van der Waals surface area contributed by atoms with Gasteiger partial charge < -0.3 is 10.1 Å². The molecular formula is C19H27N3O2S. The fourth-order valence-electron chi connectivity index (χ4n) is 3.15. The van der Waals surface area contributed by atoms with E-state index in [9.17, 15) is 4.79 Å². The van der Waals surface area contributed by atoms with Crippen molar-refractivity contribution in [2.45, 2.75) is 58.5 Å². The summed E-state index contributed by atoms with van der Waals surface area (Å²) >= 11 is 1.71. The highest BCUT2D eigenvalue weighted by Gasteiger charge is 2.42. The molecule has 1 fully saturated rings. The Bertz CT molecular complexity index is 663. The third kappa shape index (κ3) is 3.93. The average Bonchev–Trinajstić information content (AvgIpc) is 3.13. The monoisotopic (exact) mass is 361 g/mol. The van der Waals surface area contributed by atoms with Gasteiger partial charge in [-0.05, 0) is 44.6 Å². The van der Waals surface area contributed by atoms with Crippen molar-refractivity contribution >= 4 is 17.3 Å². The molecule has 0 amide bonds. The zero-order valence-corrected chi connectivity index (χ0v) is 16.2. The predicted octanol–water partition coefficient (Wildman–Crippen LogP) is 3.53. The topological polar surface area (TPSA) is 53.6 Å². The molecule has 2 rings (SSSR count). The summed E-state index contributed by atoms with van der Waals surface area (Å²) in [5, 5.41) is 7.52. The van der Waals surface area contributed by atoms with Crippen molar-refractivity contribution in [3.05, 3.63) is 33.8 Å². The number of hydrogen-bond donors (Lipinski definition) is 2. The van der Waals surface area contributed by atoms with E-state index in [1.165, 1.54) is 4.88 Å². The Morgan fingerprint density at radius 1 is 1.56 bits per heavy atom. The molecule has 0 aliphatic carbocycles. The Balaban J connectivity index is 2.53. The van der Waals surface area contributed by atoms with Gasteiger partial charge in [-0.15, -0.1) is 11.3 Å². The first-order valence-electron chi connectivity index (χ1n) is 8.72. The molecule has 6 heteroatoms. The van der Waals surface area contributed by atoms with Crippen LogP contribution in [0.15, 0.2) is 28.9 Å². The smallest absolute Gasteiger partial charge is 0.337 e. The molecule has 2 atom stereocenters. The predicted molar refractivity (Wildman–Crippen MR) is 101 cm³/mol. The minimum Gasteiger partial charge on any atom is -0.463 e. The van der Waals surface area contributed by atoms with E-state index < -0.39 is 0 Å². The van der Waals surface area contributed by atoms with E-state index in [2.05, 4.69) is 42.1 Å². The van der Waals surface area contributed by atoms with Gasteiger partial charge in [0.05, 0.1) is 23.8 Å². The number of hydrazine groups is 1. The maximum atomic E-state index is 12.5. The number of rotatable bonds is 6. The van der Waals surface area contributed by atoms with Crippen LogP contribution in [0.5, 0.6) is 0 Å². The fourth-order valence-corrected chi connectivity index (χ4v) is 3.93. The standard InChI is InChI=1S/C19H27N3O2S/c1-6-14(18(23)24-9-4)17-21-15(16-11-10-12-25-16)13-19(5,7-2)22(17)20-8-3/h3,10-12,15,20-21H,6-7,9,13H2,1-2,4-5H3/b17-14+. The summed E-state index contributed by atoms with van der Waals surface area (Å²) in [5.41, 5.74) is 3.36. The molecule has 25 heavy (non-hydrogen) atoms. The van der Waals surface area contributed by atoms with Gasteiger partial charge in [-0.2, -0.15) is 0 Å². The molecule has 1 aromatic rings. The van der Waals surface area contributed by atoms with E-state index in [1.54, 1.807) is 11.3 Å². The molecular weight excluding hydrogens is 334 g/mol. The van der Waals surface area contributed by atoms with Crippen LogP contribution in [0.1, 0.15) is 57.9 Å². The summed E-state index contributed by atoms with van der Waals surface area (Å²) in [6, 6.07) is 6.81. The van der Waals surface area contributed by atoms with Gasteiger partial charge in [0, 0.05) is 10.9 Å². The number of hydrogen-bond acceptors (Lipinski definition) is 6. The zero-order valence-electron chi connectivity index (χ0n) is 15.4. The molecule has 0 spiro atoms. The van der Waals surface area contributed by atoms with Gasteiger partial charge in [-0.1, -0.05) is 26.3 Å². The fraction of sp³-hybridized carbons (Fsp3) is 0.526. The molecule has 1 aliphatic rings. The van der Waals surface area contributed by atoms with Crippen molar-refractivity contribution in [2.24, 2.45) is 0 Å².